The standard InChI is InChI=1S/C13H18N3O2.BrH/c17-15(18)13-3-1-12(2-4-13)11-16-8-5-14(6-9-16)7-10-16;/h1-4H,5-11H2;1H/q+1;/p-1. The van der Waals surface area contributed by atoms with E-state index in [1.165, 1.54) is 44.8 Å². The lowest BCUT2D eigenvalue weighted by Crippen LogP contribution is -3.00. The molecule has 19 heavy (non-hydrogen) atoms. The van der Waals surface area contributed by atoms with Crippen LogP contribution in [0.2, 0.25) is 0 Å². The topological polar surface area (TPSA) is 46.4 Å². The number of nitro benzene ring substituents is 1. The zero-order valence-electron chi connectivity index (χ0n) is 10.8. The van der Waals surface area contributed by atoms with Gasteiger partial charge in [0.25, 0.3) is 5.69 Å². The minimum atomic E-state index is -0.337. The molecule has 0 saturated carbocycles. The number of hydrogen-bond acceptors (Lipinski definition) is 3. The molecule has 0 spiro atoms. The fourth-order valence-electron chi connectivity index (χ4n) is 3.08. The van der Waals surface area contributed by atoms with Gasteiger partial charge in [-0.2, -0.15) is 0 Å². The fraction of sp³-hybridized carbons (Fsp3) is 0.538. The molecule has 3 aliphatic rings. The Bertz CT molecular complexity index is 442. The highest BCUT2D eigenvalue weighted by atomic mass is 79.9. The van der Waals surface area contributed by atoms with Crippen LogP contribution in [0, 0.1) is 10.1 Å². The predicted octanol–water partition coefficient (Wildman–Crippen LogP) is -1.76. The zero-order valence-corrected chi connectivity index (χ0v) is 12.4. The maximum absolute atomic E-state index is 10.6. The lowest BCUT2D eigenvalue weighted by Gasteiger charge is -2.50. The van der Waals surface area contributed by atoms with Crippen molar-refractivity contribution in [1.82, 2.24) is 4.90 Å². The number of non-ortho nitro benzene ring substituents is 1. The van der Waals surface area contributed by atoms with Crippen molar-refractivity contribution in [3.63, 3.8) is 0 Å². The minimum Gasteiger partial charge on any atom is -1.00 e. The molecular weight excluding hydrogens is 310 g/mol. The molecule has 2 bridgehead atoms. The van der Waals surface area contributed by atoms with Gasteiger partial charge >= 0.3 is 0 Å². The highest BCUT2D eigenvalue weighted by Crippen LogP contribution is 2.24. The third-order valence-corrected chi connectivity index (χ3v) is 4.34. The van der Waals surface area contributed by atoms with Crippen molar-refractivity contribution >= 4 is 5.69 Å². The van der Waals surface area contributed by atoms with Gasteiger partial charge < -0.3 is 21.5 Å². The van der Waals surface area contributed by atoms with Gasteiger partial charge in [0.15, 0.2) is 0 Å². The molecule has 3 saturated heterocycles. The Balaban J connectivity index is 0.00000133. The highest BCUT2D eigenvalue weighted by molar-refractivity contribution is 5.32. The van der Waals surface area contributed by atoms with Crippen LogP contribution in [0.1, 0.15) is 5.56 Å². The Kier molecular flexibility index (Phi) is 4.23. The molecule has 1 aromatic rings. The van der Waals surface area contributed by atoms with E-state index in [1.807, 2.05) is 12.1 Å². The van der Waals surface area contributed by atoms with E-state index in [9.17, 15) is 10.1 Å². The van der Waals surface area contributed by atoms with Gasteiger partial charge in [-0.25, -0.2) is 0 Å². The molecule has 0 unspecified atom stereocenters. The third kappa shape index (κ3) is 2.96. The SMILES string of the molecule is O=[N+]([O-])c1ccc(C[N+]23CCN(CC2)CC3)cc1.[Br-]. The molecule has 3 fully saturated rings. The number of halogens is 1. The number of hydrogen-bond donors (Lipinski definition) is 0. The van der Waals surface area contributed by atoms with Crippen LogP contribution in [0.3, 0.4) is 0 Å². The molecule has 3 heterocycles. The quantitative estimate of drug-likeness (QED) is 0.375. The van der Waals surface area contributed by atoms with Crippen LogP contribution in [0.5, 0.6) is 0 Å². The Morgan fingerprint density at radius 2 is 1.63 bits per heavy atom. The van der Waals surface area contributed by atoms with Gasteiger partial charge in [0, 0.05) is 37.3 Å². The average Bonchev–Trinajstić information content (AvgIpc) is 2.41. The smallest absolute Gasteiger partial charge is 0.269 e. The Labute approximate surface area is 123 Å². The van der Waals surface area contributed by atoms with Crippen molar-refractivity contribution in [1.29, 1.82) is 0 Å². The summed E-state index contributed by atoms with van der Waals surface area (Å²) in [5.41, 5.74) is 1.40. The lowest BCUT2D eigenvalue weighted by molar-refractivity contribution is -0.953. The molecule has 4 rings (SSSR count). The summed E-state index contributed by atoms with van der Waals surface area (Å²) in [5.74, 6) is 0. The second kappa shape index (κ2) is 5.56. The molecular formula is C13H18BrN3O2. The summed E-state index contributed by atoms with van der Waals surface area (Å²) in [6.45, 7) is 8.28. The molecule has 0 aromatic heterocycles. The van der Waals surface area contributed by atoms with Crippen LogP contribution < -0.4 is 17.0 Å². The van der Waals surface area contributed by atoms with Crippen LogP contribution in [0.15, 0.2) is 24.3 Å². The second-order valence-electron chi connectivity index (χ2n) is 5.44. The van der Waals surface area contributed by atoms with E-state index >= 15 is 0 Å². The van der Waals surface area contributed by atoms with E-state index in [0.717, 1.165) is 11.0 Å². The van der Waals surface area contributed by atoms with Crippen molar-refractivity contribution in [3.8, 4) is 0 Å². The van der Waals surface area contributed by atoms with Crippen LogP contribution >= 0.6 is 0 Å². The summed E-state index contributed by atoms with van der Waals surface area (Å²) in [5, 5.41) is 10.6. The van der Waals surface area contributed by atoms with Gasteiger partial charge in [0.1, 0.15) is 6.54 Å². The normalized spacial score (nSPS) is 28.7. The maximum atomic E-state index is 10.6. The summed E-state index contributed by atoms with van der Waals surface area (Å²) in [7, 11) is 0. The summed E-state index contributed by atoms with van der Waals surface area (Å²) in [6.07, 6.45) is 0. The molecule has 3 aliphatic heterocycles. The van der Waals surface area contributed by atoms with E-state index in [4.69, 9.17) is 0 Å². The number of fused-ring (bicyclic) bond motifs is 3. The van der Waals surface area contributed by atoms with Crippen molar-refractivity contribution in [3.05, 3.63) is 39.9 Å². The second-order valence-corrected chi connectivity index (χ2v) is 5.44. The molecule has 0 N–H and O–H groups in total. The molecule has 104 valence electrons. The fourth-order valence-corrected chi connectivity index (χ4v) is 3.08. The zero-order chi connectivity index (χ0) is 12.6. The van der Waals surface area contributed by atoms with Crippen LogP contribution in [0.4, 0.5) is 5.69 Å². The molecule has 5 nitrogen and oxygen atoms in total. The first-order valence-corrected chi connectivity index (χ1v) is 6.48. The largest absolute Gasteiger partial charge is 1.00 e. The molecule has 6 heteroatoms. The van der Waals surface area contributed by atoms with E-state index in [2.05, 4.69) is 4.90 Å². The van der Waals surface area contributed by atoms with Crippen molar-refractivity contribution in [2.75, 3.05) is 39.3 Å². The first kappa shape index (κ1) is 14.4. The molecule has 0 aliphatic carbocycles. The Hall–Kier alpha value is -0.980. The van der Waals surface area contributed by atoms with Gasteiger partial charge in [-0.05, 0) is 12.1 Å². The first-order valence-electron chi connectivity index (χ1n) is 6.48. The Morgan fingerprint density at radius 1 is 1.11 bits per heavy atom. The van der Waals surface area contributed by atoms with E-state index in [0.29, 0.717) is 0 Å². The number of quaternary nitrogens is 1. The number of nitrogens with zero attached hydrogens (tertiary/aromatic N) is 3. The van der Waals surface area contributed by atoms with Crippen LogP contribution in [-0.4, -0.2) is 53.6 Å². The van der Waals surface area contributed by atoms with Gasteiger partial charge in [-0.1, -0.05) is 0 Å². The molecule has 0 radical (unpaired) electrons. The summed E-state index contributed by atoms with van der Waals surface area (Å²) in [4.78, 5) is 12.8. The van der Waals surface area contributed by atoms with E-state index in [-0.39, 0.29) is 27.6 Å². The number of benzene rings is 1. The van der Waals surface area contributed by atoms with Crippen molar-refractivity contribution in [2.24, 2.45) is 0 Å². The van der Waals surface area contributed by atoms with Crippen LogP contribution in [-0.2, 0) is 6.54 Å². The summed E-state index contributed by atoms with van der Waals surface area (Å²) < 4.78 is 1.16. The molecule has 0 atom stereocenters. The van der Waals surface area contributed by atoms with E-state index < -0.39 is 0 Å². The Morgan fingerprint density at radius 3 is 2.11 bits per heavy atom. The third-order valence-electron chi connectivity index (χ3n) is 4.34. The molecule has 1 aromatic carbocycles. The van der Waals surface area contributed by atoms with Gasteiger partial charge in [0.05, 0.1) is 24.6 Å². The van der Waals surface area contributed by atoms with Crippen LogP contribution in [0.25, 0.3) is 0 Å². The maximum Gasteiger partial charge on any atom is 0.269 e. The first-order chi connectivity index (χ1) is 8.67. The van der Waals surface area contributed by atoms with Crippen molar-refractivity contribution < 1.29 is 26.4 Å². The minimum absolute atomic E-state index is 0. The highest BCUT2D eigenvalue weighted by Gasteiger charge is 2.38. The lowest BCUT2D eigenvalue weighted by atomic mass is 10.1. The summed E-state index contributed by atoms with van der Waals surface area (Å²) >= 11 is 0. The summed E-state index contributed by atoms with van der Waals surface area (Å²) in [6, 6.07) is 7.06. The van der Waals surface area contributed by atoms with Gasteiger partial charge in [-0.3, -0.25) is 15.0 Å². The van der Waals surface area contributed by atoms with Crippen molar-refractivity contribution in [2.45, 2.75) is 6.54 Å². The number of nitro groups is 1. The van der Waals surface area contributed by atoms with Gasteiger partial charge in [-0.15, -0.1) is 0 Å². The predicted molar refractivity (Wildman–Crippen MR) is 68.1 cm³/mol. The molecule has 0 amide bonds. The number of rotatable bonds is 3. The average molecular weight is 328 g/mol. The number of piperazine rings is 3. The monoisotopic (exact) mass is 327 g/mol. The van der Waals surface area contributed by atoms with Gasteiger partial charge in [0.2, 0.25) is 0 Å². The van der Waals surface area contributed by atoms with E-state index in [1.54, 1.807) is 12.1 Å².